The van der Waals surface area contributed by atoms with Gasteiger partial charge in [0.15, 0.2) is 0 Å². The van der Waals surface area contributed by atoms with Gasteiger partial charge >= 0.3 is 0 Å². The number of hydrogen-bond acceptors (Lipinski definition) is 4. The predicted molar refractivity (Wildman–Crippen MR) is 51.4 cm³/mol. The quantitative estimate of drug-likeness (QED) is 0.723. The summed E-state index contributed by atoms with van der Waals surface area (Å²) in [6.45, 7) is 3.85. The van der Waals surface area contributed by atoms with Crippen LogP contribution in [0, 0.1) is 18.3 Å². The lowest BCUT2D eigenvalue weighted by Crippen LogP contribution is -2.23. The summed E-state index contributed by atoms with van der Waals surface area (Å²) in [6.07, 6.45) is 0. The molecule has 0 spiro atoms. The number of nitriles is 1. The largest absolute Gasteiger partial charge is 0.545 e. The second-order valence-electron chi connectivity index (χ2n) is 3.00. The third-order valence-electron chi connectivity index (χ3n) is 1.97. The summed E-state index contributed by atoms with van der Waals surface area (Å²) >= 11 is 0. The van der Waals surface area contributed by atoms with Crippen LogP contribution in [0.1, 0.15) is 28.4 Å². The van der Waals surface area contributed by atoms with E-state index < -0.39 is 5.97 Å². The Morgan fingerprint density at radius 1 is 1.60 bits per heavy atom. The van der Waals surface area contributed by atoms with E-state index in [0.29, 0.717) is 17.7 Å². The standard InChI is InChI=1S/C11H11NO3/c1-3-15-10-4-7(2)8(6-12)5-9(10)11(13)14/h4-5H,3H2,1-2H3,(H,13,14)/p-1. The van der Waals surface area contributed by atoms with Crippen molar-refractivity contribution in [1.82, 2.24) is 0 Å². The van der Waals surface area contributed by atoms with Crippen LogP contribution in [0.4, 0.5) is 0 Å². The van der Waals surface area contributed by atoms with Gasteiger partial charge in [-0.3, -0.25) is 0 Å². The summed E-state index contributed by atoms with van der Waals surface area (Å²) in [5.74, 6) is -1.09. The number of carboxylic acid groups (broad SMARTS) is 1. The zero-order valence-electron chi connectivity index (χ0n) is 8.53. The van der Waals surface area contributed by atoms with Gasteiger partial charge in [0, 0.05) is 5.56 Å². The molecule has 1 rings (SSSR count). The highest BCUT2D eigenvalue weighted by Gasteiger charge is 2.08. The Labute approximate surface area is 87.7 Å². The summed E-state index contributed by atoms with van der Waals surface area (Å²) in [7, 11) is 0. The van der Waals surface area contributed by atoms with Crippen molar-refractivity contribution in [1.29, 1.82) is 5.26 Å². The number of carbonyl (C=O) groups is 1. The maximum atomic E-state index is 10.8. The Morgan fingerprint density at radius 3 is 2.73 bits per heavy atom. The molecule has 15 heavy (non-hydrogen) atoms. The second kappa shape index (κ2) is 4.47. The second-order valence-corrected chi connectivity index (χ2v) is 3.00. The molecule has 0 N–H and O–H groups in total. The van der Waals surface area contributed by atoms with E-state index in [4.69, 9.17) is 10.00 Å². The molecule has 0 aliphatic heterocycles. The number of carbonyl (C=O) groups excluding carboxylic acids is 1. The average Bonchev–Trinajstić information content (AvgIpc) is 2.18. The van der Waals surface area contributed by atoms with Crippen molar-refractivity contribution in [2.24, 2.45) is 0 Å². The first-order valence-corrected chi connectivity index (χ1v) is 4.49. The molecule has 0 amide bonds. The summed E-state index contributed by atoms with van der Waals surface area (Å²) in [6, 6.07) is 4.72. The normalized spacial score (nSPS) is 9.40. The molecule has 0 aliphatic carbocycles. The van der Waals surface area contributed by atoms with Crippen LogP contribution in [0.5, 0.6) is 5.75 Å². The number of aryl methyl sites for hydroxylation is 1. The highest BCUT2D eigenvalue weighted by molar-refractivity contribution is 5.90. The van der Waals surface area contributed by atoms with Crippen LogP contribution < -0.4 is 9.84 Å². The van der Waals surface area contributed by atoms with Crippen molar-refractivity contribution in [2.75, 3.05) is 6.61 Å². The van der Waals surface area contributed by atoms with Gasteiger partial charge in [-0.2, -0.15) is 5.26 Å². The molecule has 0 unspecified atom stereocenters. The topological polar surface area (TPSA) is 73.1 Å². The zero-order valence-corrected chi connectivity index (χ0v) is 8.53. The van der Waals surface area contributed by atoms with Crippen molar-refractivity contribution in [2.45, 2.75) is 13.8 Å². The smallest absolute Gasteiger partial charge is 0.128 e. The molecular weight excluding hydrogens is 194 g/mol. The maximum Gasteiger partial charge on any atom is 0.128 e. The molecule has 0 aliphatic rings. The lowest BCUT2D eigenvalue weighted by molar-refractivity contribution is -0.255. The number of benzene rings is 1. The van der Waals surface area contributed by atoms with Gasteiger partial charge in [-0.25, -0.2) is 0 Å². The van der Waals surface area contributed by atoms with E-state index in [-0.39, 0.29) is 11.3 Å². The molecule has 4 nitrogen and oxygen atoms in total. The van der Waals surface area contributed by atoms with E-state index in [1.165, 1.54) is 12.1 Å². The third-order valence-corrected chi connectivity index (χ3v) is 1.97. The molecule has 0 atom stereocenters. The number of ether oxygens (including phenoxy) is 1. The van der Waals surface area contributed by atoms with Gasteiger partial charge in [-0.15, -0.1) is 0 Å². The SMILES string of the molecule is CCOc1cc(C)c(C#N)cc1C(=O)[O-]. The first-order chi connectivity index (χ1) is 7.10. The summed E-state index contributed by atoms with van der Waals surface area (Å²) in [4.78, 5) is 10.8. The fourth-order valence-electron chi connectivity index (χ4n) is 1.24. The van der Waals surface area contributed by atoms with Crippen LogP contribution in [-0.4, -0.2) is 12.6 Å². The molecular formula is C11H10NO3-. The Morgan fingerprint density at radius 2 is 2.27 bits per heavy atom. The van der Waals surface area contributed by atoms with Crippen molar-refractivity contribution >= 4 is 5.97 Å². The van der Waals surface area contributed by atoms with Gasteiger partial charge in [-0.05, 0) is 31.5 Å². The number of rotatable bonds is 3. The minimum Gasteiger partial charge on any atom is -0.545 e. The van der Waals surface area contributed by atoms with Crippen LogP contribution >= 0.6 is 0 Å². The van der Waals surface area contributed by atoms with Crippen LogP contribution in [0.15, 0.2) is 12.1 Å². The van der Waals surface area contributed by atoms with Gasteiger partial charge < -0.3 is 14.6 Å². The Kier molecular flexibility index (Phi) is 3.29. The van der Waals surface area contributed by atoms with Crippen molar-refractivity contribution < 1.29 is 14.6 Å². The Balaban J connectivity index is 3.33. The van der Waals surface area contributed by atoms with Crippen LogP contribution in [0.2, 0.25) is 0 Å². The summed E-state index contributed by atoms with van der Waals surface area (Å²) in [5, 5.41) is 19.5. The minimum atomic E-state index is -1.34. The van der Waals surface area contributed by atoms with E-state index >= 15 is 0 Å². The van der Waals surface area contributed by atoms with Crippen LogP contribution in [-0.2, 0) is 0 Å². The highest BCUT2D eigenvalue weighted by Crippen LogP contribution is 2.22. The van der Waals surface area contributed by atoms with Gasteiger partial charge in [-0.1, -0.05) is 0 Å². The monoisotopic (exact) mass is 204 g/mol. The number of aromatic carboxylic acids is 1. The van der Waals surface area contributed by atoms with E-state index in [9.17, 15) is 9.90 Å². The molecule has 0 fully saturated rings. The highest BCUT2D eigenvalue weighted by atomic mass is 16.5. The van der Waals surface area contributed by atoms with Crippen LogP contribution in [0.3, 0.4) is 0 Å². The van der Waals surface area contributed by atoms with Crippen molar-refractivity contribution in [3.8, 4) is 11.8 Å². The summed E-state index contributed by atoms with van der Waals surface area (Å²) in [5.41, 5.74) is 0.919. The first kappa shape index (κ1) is 11.1. The number of nitrogens with zero attached hydrogens (tertiary/aromatic N) is 1. The van der Waals surface area contributed by atoms with E-state index in [2.05, 4.69) is 0 Å². The molecule has 4 heteroatoms. The fraction of sp³-hybridized carbons (Fsp3) is 0.273. The van der Waals surface area contributed by atoms with E-state index in [1.54, 1.807) is 13.8 Å². The molecule has 78 valence electrons. The van der Waals surface area contributed by atoms with Gasteiger partial charge in [0.2, 0.25) is 0 Å². The number of carboxylic acids is 1. The average molecular weight is 204 g/mol. The lowest BCUT2D eigenvalue weighted by Gasteiger charge is -2.12. The van der Waals surface area contributed by atoms with E-state index in [0.717, 1.165) is 0 Å². The minimum absolute atomic E-state index is 0.0843. The van der Waals surface area contributed by atoms with E-state index in [1.807, 2.05) is 6.07 Å². The van der Waals surface area contributed by atoms with Crippen LogP contribution in [0.25, 0.3) is 0 Å². The first-order valence-electron chi connectivity index (χ1n) is 4.49. The molecule has 0 aromatic heterocycles. The lowest BCUT2D eigenvalue weighted by atomic mass is 10.0. The molecule has 1 aromatic rings. The summed E-state index contributed by atoms with van der Waals surface area (Å²) < 4.78 is 5.15. The molecule has 0 heterocycles. The van der Waals surface area contributed by atoms with Crippen molar-refractivity contribution in [3.05, 3.63) is 28.8 Å². The van der Waals surface area contributed by atoms with Gasteiger partial charge in [0.1, 0.15) is 5.75 Å². The molecule has 1 aromatic carbocycles. The molecule has 0 radical (unpaired) electrons. The Bertz CT molecular complexity index is 432. The molecule has 0 saturated heterocycles. The zero-order chi connectivity index (χ0) is 11.4. The Hall–Kier alpha value is -2.02. The number of hydrogen-bond donors (Lipinski definition) is 0. The third kappa shape index (κ3) is 2.26. The molecule has 0 bridgehead atoms. The fourth-order valence-corrected chi connectivity index (χ4v) is 1.24. The van der Waals surface area contributed by atoms with Gasteiger partial charge in [0.25, 0.3) is 0 Å². The van der Waals surface area contributed by atoms with Gasteiger partial charge in [0.05, 0.1) is 24.2 Å². The predicted octanol–water partition coefficient (Wildman–Crippen LogP) is 0.629. The maximum absolute atomic E-state index is 10.8. The molecule has 0 saturated carbocycles. The van der Waals surface area contributed by atoms with Crippen molar-refractivity contribution in [3.63, 3.8) is 0 Å².